The zero-order chi connectivity index (χ0) is 23.5. The van der Waals surface area contributed by atoms with Gasteiger partial charge in [-0.3, -0.25) is 14.9 Å². The highest BCUT2D eigenvalue weighted by Crippen LogP contribution is 2.35. The van der Waals surface area contributed by atoms with E-state index in [1.54, 1.807) is 19.1 Å². The number of nitrogens with zero attached hydrogens (tertiary/aromatic N) is 1. The van der Waals surface area contributed by atoms with Crippen molar-refractivity contribution in [2.75, 3.05) is 11.9 Å². The normalized spacial score (nSPS) is 10.7. The van der Waals surface area contributed by atoms with Gasteiger partial charge in [0.2, 0.25) is 0 Å². The van der Waals surface area contributed by atoms with E-state index >= 15 is 0 Å². The molecule has 33 heavy (non-hydrogen) atoms. The summed E-state index contributed by atoms with van der Waals surface area (Å²) in [5.74, 6) is -0.377. The highest BCUT2D eigenvalue weighted by Gasteiger charge is 2.16. The third kappa shape index (κ3) is 4.70. The number of hydrogen-bond donors (Lipinski definition) is 1. The molecule has 1 aromatic heterocycles. The minimum atomic E-state index is -0.534. The van der Waals surface area contributed by atoms with Crippen LogP contribution in [0.2, 0.25) is 5.02 Å². The second-order valence-electron chi connectivity index (χ2n) is 7.17. The van der Waals surface area contributed by atoms with Gasteiger partial charge in [-0.05, 0) is 30.2 Å². The first-order valence-electron chi connectivity index (χ1n) is 9.83. The van der Waals surface area contributed by atoms with Gasteiger partial charge in [-0.15, -0.1) is 0 Å². The number of rotatable bonds is 6. The van der Waals surface area contributed by atoms with Crippen molar-refractivity contribution in [1.29, 1.82) is 0 Å². The van der Waals surface area contributed by atoms with Crippen molar-refractivity contribution in [2.24, 2.45) is 0 Å². The molecule has 1 N–H and O–H groups in total. The van der Waals surface area contributed by atoms with Crippen molar-refractivity contribution in [3.63, 3.8) is 0 Å². The molecular weight excluding hydrogens is 448 g/mol. The predicted molar refractivity (Wildman–Crippen MR) is 125 cm³/mol. The maximum absolute atomic E-state index is 12.4. The Morgan fingerprint density at radius 3 is 2.61 bits per heavy atom. The van der Waals surface area contributed by atoms with Crippen molar-refractivity contribution >= 4 is 39.9 Å². The highest BCUT2D eigenvalue weighted by atomic mass is 35.5. The third-order valence-electron chi connectivity index (χ3n) is 5.02. The van der Waals surface area contributed by atoms with Gasteiger partial charge in [-0.2, -0.15) is 0 Å². The van der Waals surface area contributed by atoms with E-state index in [2.05, 4.69) is 5.32 Å². The molecule has 1 amide bonds. The second kappa shape index (κ2) is 9.13. The average Bonchev–Trinajstić information content (AvgIpc) is 2.79. The van der Waals surface area contributed by atoms with Gasteiger partial charge >= 0.3 is 5.63 Å². The minimum Gasteiger partial charge on any atom is -0.482 e. The lowest BCUT2D eigenvalue weighted by Gasteiger charge is -2.12. The van der Waals surface area contributed by atoms with E-state index < -0.39 is 23.1 Å². The van der Waals surface area contributed by atoms with E-state index in [0.29, 0.717) is 22.2 Å². The molecule has 0 radical (unpaired) electrons. The number of amides is 1. The summed E-state index contributed by atoms with van der Waals surface area (Å²) < 4.78 is 10.9. The second-order valence-corrected chi connectivity index (χ2v) is 7.57. The molecule has 4 aromatic rings. The first kappa shape index (κ1) is 22.0. The number of hydrogen-bond acceptors (Lipinski definition) is 6. The number of ether oxygens (including phenoxy) is 1. The lowest BCUT2D eigenvalue weighted by atomic mass is 10.0. The van der Waals surface area contributed by atoms with Crippen LogP contribution in [0.3, 0.4) is 0 Å². The van der Waals surface area contributed by atoms with Crippen LogP contribution in [-0.4, -0.2) is 17.4 Å². The van der Waals surface area contributed by atoms with Crippen LogP contribution in [0.15, 0.2) is 75.9 Å². The molecule has 3 aromatic carbocycles. The smallest absolute Gasteiger partial charge is 0.336 e. The minimum absolute atomic E-state index is 0.101. The number of nitrogens with one attached hydrogen (secondary N) is 1. The van der Waals surface area contributed by atoms with E-state index in [1.807, 2.05) is 30.3 Å². The summed E-state index contributed by atoms with van der Waals surface area (Å²) in [6.45, 7) is 1.14. The largest absolute Gasteiger partial charge is 0.482 e. The summed E-state index contributed by atoms with van der Waals surface area (Å²) in [7, 11) is 0. The number of carbonyl (C=O) groups is 1. The summed E-state index contributed by atoms with van der Waals surface area (Å²) in [6.07, 6.45) is 0. The zero-order valence-corrected chi connectivity index (χ0v) is 18.1. The van der Waals surface area contributed by atoms with Gasteiger partial charge in [0.1, 0.15) is 11.3 Å². The van der Waals surface area contributed by atoms with E-state index in [-0.39, 0.29) is 22.0 Å². The molecule has 0 fully saturated rings. The van der Waals surface area contributed by atoms with Gasteiger partial charge < -0.3 is 14.5 Å². The van der Waals surface area contributed by atoms with Crippen molar-refractivity contribution in [3.8, 4) is 16.9 Å². The summed E-state index contributed by atoms with van der Waals surface area (Å²) in [5.41, 5.74) is 1.75. The maximum Gasteiger partial charge on any atom is 0.336 e. The quantitative estimate of drug-likeness (QED) is 0.234. The zero-order valence-electron chi connectivity index (χ0n) is 17.3. The molecular formula is C24H17ClN2O6. The molecule has 0 aliphatic rings. The summed E-state index contributed by atoms with van der Waals surface area (Å²) in [4.78, 5) is 35.0. The Hall–Kier alpha value is -4.17. The van der Waals surface area contributed by atoms with E-state index in [4.69, 9.17) is 20.8 Å². The Morgan fingerprint density at radius 1 is 1.12 bits per heavy atom. The van der Waals surface area contributed by atoms with Crippen LogP contribution in [0.1, 0.15) is 5.56 Å². The van der Waals surface area contributed by atoms with E-state index in [1.165, 1.54) is 24.3 Å². The van der Waals surface area contributed by atoms with Crippen LogP contribution < -0.4 is 15.7 Å². The van der Waals surface area contributed by atoms with Crippen LogP contribution >= 0.6 is 11.6 Å². The van der Waals surface area contributed by atoms with Crippen LogP contribution in [-0.2, 0) is 4.79 Å². The van der Waals surface area contributed by atoms with Gasteiger partial charge in [-0.25, -0.2) is 4.79 Å². The Labute approximate surface area is 192 Å². The molecule has 166 valence electrons. The Kier molecular flexibility index (Phi) is 6.10. The summed E-state index contributed by atoms with van der Waals surface area (Å²) in [5, 5.41) is 14.5. The Bertz CT molecular complexity index is 1430. The maximum atomic E-state index is 12.4. The molecule has 8 nitrogen and oxygen atoms in total. The van der Waals surface area contributed by atoms with Crippen molar-refractivity contribution < 1.29 is 18.9 Å². The fourth-order valence-corrected chi connectivity index (χ4v) is 3.63. The molecule has 0 saturated heterocycles. The summed E-state index contributed by atoms with van der Waals surface area (Å²) >= 11 is 6.38. The molecule has 1 heterocycles. The first-order chi connectivity index (χ1) is 15.8. The lowest BCUT2D eigenvalue weighted by Crippen LogP contribution is -2.21. The SMILES string of the molecule is Cc1c(NC(=O)COc2cc3oc(=O)cc(-c4ccccc4)c3cc2Cl)cccc1[N+](=O)[O-]. The van der Waals surface area contributed by atoms with Gasteiger partial charge in [-0.1, -0.05) is 48.0 Å². The van der Waals surface area contributed by atoms with Crippen LogP contribution in [0.5, 0.6) is 5.75 Å². The molecule has 4 rings (SSSR count). The lowest BCUT2D eigenvalue weighted by molar-refractivity contribution is -0.385. The molecule has 0 bridgehead atoms. The average molecular weight is 465 g/mol. The van der Waals surface area contributed by atoms with E-state index in [0.717, 1.165) is 5.56 Å². The number of benzene rings is 3. The number of nitro benzene ring substituents is 1. The predicted octanol–water partition coefficient (Wildman–Crippen LogP) is 5.35. The van der Waals surface area contributed by atoms with Crippen molar-refractivity contribution in [3.05, 3.63) is 97.9 Å². The van der Waals surface area contributed by atoms with E-state index in [9.17, 15) is 19.7 Å². The number of halogens is 1. The van der Waals surface area contributed by atoms with Crippen molar-refractivity contribution in [1.82, 2.24) is 0 Å². The molecule has 0 unspecified atom stereocenters. The van der Waals surface area contributed by atoms with Crippen LogP contribution in [0, 0.1) is 17.0 Å². The fourth-order valence-electron chi connectivity index (χ4n) is 3.42. The standard InChI is InChI=1S/C24H17ClN2O6/c1-14-19(8-5-9-20(14)27(30)31)26-23(28)13-32-22-12-21-17(10-18(22)25)16(11-24(29)33-21)15-6-3-2-4-7-15/h2-12H,13H2,1H3,(H,26,28). The molecule has 0 spiro atoms. The number of anilines is 1. The number of carbonyl (C=O) groups excluding carboxylic acids is 1. The Morgan fingerprint density at radius 2 is 1.88 bits per heavy atom. The van der Waals surface area contributed by atoms with Gasteiger partial charge in [0.15, 0.2) is 6.61 Å². The highest BCUT2D eigenvalue weighted by molar-refractivity contribution is 6.33. The monoisotopic (exact) mass is 464 g/mol. The molecule has 0 saturated carbocycles. The molecule has 0 atom stereocenters. The van der Waals surface area contributed by atoms with Gasteiger partial charge in [0.25, 0.3) is 11.6 Å². The Balaban J connectivity index is 1.57. The van der Waals surface area contributed by atoms with Crippen LogP contribution in [0.25, 0.3) is 22.1 Å². The van der Waals surface area contributed by atoms with Gasteiger partial charge in [0.05, 0.1) is 21.2 Å². The number of fused-ring (bicyclic) bond motifs is 1. The topological polar surface area (TPSA) is 112 Å². The summed E-state index contributed by atoms with van der Waals surface area (Å²) in [6, 6.07) is 18.2. The molecule has 9 heteroatoms. The fraction of sp³-hybridized carbons (Fsp3) is 0.0833. The van der Waals surface area contributed by atoms with Crippen LogP contribution in [0.4, 0.5) is 11.4 Å². The molecule has 0 aliphatic heterocycles. The number of nitro groups is 1. The molecule has 0 aliphatic carbocycles. The van der Waals surface area contributed by atoms with Crippen molar-refractivity contribution in [2.45, 2.75) is 6.92 Å². The van der Waals surface area contributed by atoms with Gasteiger partial charge in [0, 0.05) is 23.6 Å². The third-order valence-corrected chi connectivity index (χ3v) is 5.31. The first-order valence-corrected chi connectivity index (χ1v) is 10.2.